The first-order valence-electron chi connectivity index (χ1n) is 29.8. The molecule has 86 heavy (non-hydrogen) atoms. The summed E-state index contributed by atoms with van der Waals surface area (Å²) < 4.78 is 13.8. The second-order valence-corrected chi connectivity index (χ2v) is 23.0. The summed E-state index contributed by atoms with van der Waals surface area (Å²) >= 11 is 0. The number of ether oxygens (including phenoxy) is 1. The van der Waals surface area contributed by atoms with Crippen LogP contribution in [0.25, 0.3) is 88.0 Å². The van der Waals surface area contributed by atoms with Crippen molar-refractivity contribution in [3.05, 3.63) is 354 Å². The number of benzene rings is 14. The molecule has 404 valence electrons. The molecule has 0 spiro atoms. The molecule has 15 aromatic rings. The largest absolute Gasteiger partial charge is 0.456 e. The van der Waals surface area contributed by atoms with Crippen LogP contribution in [0, 0.1) is 0 Å². The van der Waals surface area contributed by atoms with E-state index in [1.54, 1.807) is 0 Å². The summed E-state index contributed by atoms with van der Waals surface area (Å²) in [6.45, 7) is 0. The third-order valence-electron chi connectivity index (χ3n) is 18.3. The second-order valence-electron chi connectivity index (χ2n) is 23.0. The molecule has 17 rings (SSSR count). The molecule has 0 unspecified atom stereocenters. The van der Waals surface area contributed by atoms with Gasteiger partial charge in [0, 0.05) is 51.4 Å². The maximum Gasteiger partial charge on any atom is 0.138 e. The van der Waals surface area contributed by atoms with Crippen LogP contribution in [-0.4, -0.2) is 0 Å². The van der Waals surface area contributed by atoms with E-state index in [2.05, 4.69) is 308 Å². The van der Waals surface area contributed by atoms with E-state index in [1.165, 1.54) is 61.2 Å². The van der Waals surface area contributed by atoms with Gasteiger partial charge < -0.3 is 14.1 Å². The summed E-state index contributed by atoms with van der Waals surface area (Å²) in [4.78, 5) is 2.43. The zero-order chi connectivity index (χ0) is 56.7. The van der Waals surface area contributed by atoms with E-state index in [-0.39, 0.29) is 0 Å². The van der Waals surface area contributed by atoms with E-state index in [1.807, 2.05) is 6.07 Å². The molecular weight excluding hydrogens is 1040 g/mol. The lowest BCUT2D eigenvalue weighted by Gasteiger charge is -2.34. The number of para-hydroxylation sites is 1. The number of hydrogen-bond acceptors (Lipinski definition) is 3. The molecule has 0 fully saturated rings. The van der Waals surface area contributed by atoms with E-state index in [0.29, 0.717) is 12.8 Å². The van der Waals surface area contributed by atoms with Crippen molar-refractivity contribution < 1.29 is 9.15 Å². The summed E-state index contributed by atoms with van der Waals surface area (Å²) in [7, 11) is 0. The normalized spacial score (nSPS) is 13.0. The van der Waals surface area contributed by atoms with Gasteiger partial charge in [-0.3, -0.25) is 0 Å². The van der Waals surface area contributed by atoms with Gasteiger partial charge in [-0.2, -0.15) is 0 Å². The van der Waals surface area contributed by atoms with Gasteiger partial charge in [0.25, 0.3) is 0 Å². The molecule has 0 N–H and O–H groups in total. The Bertz CT molecular complexity index is 5100. The minimum atomic E-state index is -0.511. The van der Waals surface area contributed by atoms with Crippen LogP contribution >= 0.6 is 0 Å². The smallest absolute Gasteiger partial charge is 0.138 e. The van der Waals surface area contributed by atoms with Crippen LogP contribution in [0.1, 0.15) is 44.5 Å². The van der Waals surface area contributed by atoms with Crippen LogP contribution in [0.4, 0.5) is 17.1 Å². The first-order valence-corrected chi connectivity index (χ1v) is 29.8. The van der Waals surface area contributed by atoms with E-state index in [0.717, 1.165) is 99.9 Å². The molecule has 0 bridgehead atoms. The number of anilines is 3. The number of hydrogen-bond donors (Lipinski definition) is 0. The van der Waals surface area contributed by atoms with Gasteiger partial charge in [0.1, 0.15) is 22.7 Å². The highest BCUT2D eigenvalue weighted by Crippen LogP contribution is 2.57. The van der Waals surface area contributed by atoms with Crippen molar-refractivity contribution in [2.45, 2.75) is 18.3 Å². The Kier molecular flexibility index (Phi) is 11.6. The maximum atomic E-state index is 7.40. The van der Waals surface area contributed by atoms with Crippen LogP contribution in [0.15, 0.2) is 314 Å². The van der Waals surface area contributed by atoms with Gasteiger partial charge in [0.05, 0.1) is 5.41 Å². The van der Waals surface area contributed by atoms with Crippen molar-refractivity contribution in [3.8, 4) is 56.0 Å². The Labute approximate surface area is 499 Å². The molecule has 0 atom stereocenters. The fourth-order valence-corrected chi connectivity index (χ4v) is 14.5. The van der Waals surface area contributed by atoms with Gasteiger partial charge in [-0.25, -0.2) is 0 Å². The zero-order valence-corrected chi connectivity index (χ0v) is 47.1. The monoisotopic (exact) mass is 1100 g/mol. The maximum absolute atomic E-state index is 7.40. The number of rotatable bonds is 7. The molecule has 0 saturated carbocycles. The standard InChI is InChI=1S/C83H55NO2/c1-3-23-62(24-4-1)83(63-25-5-2-6-26-63)75-34-15-13-30-72(75)74-53-66(49-50-76(74)83)84(65-47-43-57(44-48-65)68-33-18-36-78-80(68)73-31-14-16-35-77(73)85-78)64-45-41-56(42-46-64)67-32-17-22-59-52-61-40-38-55-20-8-12-29-71(55)82(61)86-81-60(39-37-54-19-7-11-28-70(54)81)51-58-21-9-10-27-69(58)79(59)67/h1-50,53H,51-52H2. The first kappa shape index (κ1) is 49.6. The Balaban J connectivity index is 0.835. The van der Waals surface area contributed by atoms with Crippen molar-refractivity contribution in [2.24, 2.45) is 0 Å². The summed E-state index contributed by atoms with van der Waals surface area (Å²) in [5.41, 5.74) is 23.8. The van der Waals surface area contributed by atoms with Crippen molar-refractivity contribution in [1.29, 1.82) is 0 Å². The Morgan fingerprint density at radius 2 is 0.791 bits per heavy atom. The van der Waals surface area contributed by atoms with Gasteiger partial charge in [-0.1, -0.05) is 261 Å². The predicted octanol–water partition coefficient (Wildman–Crippen LogP) is 22.0. The summed E-state index contributed by atoms with van der Waals surface area (Å²) in [6.07, 6.45) is 1.38. The first-order chi connectivity index (χ1) is 42.6. The summed E-state index contributed by atoms with van der Waals surface area (Å²) in [6, 6.07) is 114. The fourth-order valence-electron chi connectivity index (χ4n) is 14.5. The predicted molar refractivity (Wildman–Crippen MR) is 356 cm³/mol. The molecule has 0 amide bonds. The zero-order valence-electron chi connectivity index (χ0n) is 47.1. The molecule has 0 radical (unpaired) electrons. The average molecular weight is 1100 g/mol. The quantitative estimate of drug-likeness (QED) is 0.159. The molecule has 3 heteroatoms. The molecular formula is C83H55NO2. The molecule has 1 aliphatic carbocycles. The third kappa shape index (κ3) is 7.89. The molecule has 14 aromatic carbocycles. The minimum Gasteiger partial charge on any atom is -0.456 e. The van der Waals surface area contributed by atoms with Gasteiger partial charge >= 0.3 is 0 Å². The van der Waals surface area contributed by atoms with Gasteiger partial charge in [0.2, 0.25) is 0 Å². The molecule has 1 aliphatic heterocycles. The Morgan fingerprint density at radius 1 is 0.302 bits per heavy atom. The molecule has 2 aliphatic rings. The van der Waals surface area contributed by atoms with Gasteiger partial charge in [-0.05, 0) is 148 Å². The Morgan fingerprint density at radius 3 is 1.48 bits per heavy atom. The fraction of sp³-hybridized carbons (Fsp3) is 0.0361. The van der Waals surface area contributed by atoms with E-state index in [4.69, 9.17) is 9.15 Å². The molecule has 0 saturated heterocycles. The number of furan rings is 1. The Hall–Kier alpha value is -11.0. The van der Waals surface area contributed by atoms with Crippen LogP contribution < -0.4 is 9.64 Å². The SMILES string of the molecule is c1ccc(C2(c3ccccc3)c3ccccc3-c3cc(N(c4ccc(-c5cccc6c5-c5ccccc5Cc5ccc7ccccc7c5Oc5c(ccc7ccccc57)C6)cc4)c4ccc(-c5cccc6oc7ccccc7c56)cc4)ccc32)cc1. The van der Waals surface area contributed by atoms with Crippen LogP contribution in [0.3, 0.4) is 0 Å². The van der Waals surface area contributed by atoms with E-state index >= 15 is 0 Å². The lowest BCUT2D eigenvalue weighted by Crippen LogP contribution is -2.28. The van der Waals surface area contributed by atoms with Crippen molar-refractivity contribution in [3.63, 3.8) is 0 Å². The molecule has 2 heterocycles. The van der Waals surface area contributed by atoms with Crippen LogP contribution in [0.2, 0.25) is 0 Å². The van der Waals surface area contributed by atoms with Gasteiger partial charge in [0.15, 0.2) is 0 Å². The van der Waals surface area contributed by atoms with Crippen molar-refractivity contribution in [1.82, 2.24) is 0 Å². The topological polar surface area (TPSA) is 25.6 Å². The third-order valence-corrected chi connectivity index (χ3v) is 18.3. The van der Waals surface area contributed by atoms with Crippen LogP contribution in [0.5, 0.6) is 11.5 Å². The van der Waals surface area contributed by atoms with E-state index < -0.39 is 5.41 Å². The second kappa shape index (κ2) is 20.1. The van der Waals surface area contributed by atoms with Crippen LogP contribution in [-0.2, 0) is 18.3 Å². The lowest BCUT2D eigenvalue weighted by atomic mass is 9.68. The number of fused-ring (bicyclic) bond motifs is 15. The minimum absolute atomic E-state index is 0.511. The summed E-state index contributed by atoms with van der Waals surface area (Å²) in [5.74, 6) is 1.83. The number of nitrogens with zero attached hydrogens (tertiary/aromatic N) is 1. The molecule has 1 aromatic heterocycles. The highest BCUT2D eigenvalue weighted by molar-refractivity contribution is 6.12. The molecule has 3 nitrogen and oxygen atoms in total. The van der Waals surface area contributed by atoms with Gasteiger partial charge in [-0.15, -0.1) is 0 Å². The highest BCUT2D eigenvalue weighted by Gasteiger charge is 2.46. The lowest BCUT2D eigenvalue weighted by molar-refractivity contribution is 0.484. The van der Waals surface area contributed by atoms with Crippen molar-refractivity contribution in [2.75, 3.05) is 4.90 Å². The highest BCUT2D eigenvalue weighted by atomic mass is 16.5. The summed E-state index contributed by atoms with van der Waals surface area (Å²) in [5, 5.41) is 6.78. The van der Waals surface area contributed by atoms with Crippen molar-refractivity contribution >= 4 is 60.5 Å². The van der Waals surface area contributed by atoms with E-state index in [9.17, 15) is 0 Å². The average Bonchev–Trinajstić information content (AvgIpc) is 1.60.